The quantitative estimate of drug-likeness (QED) is 0.856. The number of fused-ring (bicyclic) bond motifs is 1. The van der Waals surface area contributed by atoms with Crippen LogP contribution in [0.25, 0.3) is 10.9 Å². The number of benzene rings is 1. The molecule has 0 spiro atoms. The van der Waals surface area contributed by atoms with E-state index >= 15 is 0 Å². The molecule has 1 aromatic heterocycles. The smallest absolute Gasteiger partial charge is 0.325 e. The number of amides is 1. The molecule has 6 heteroatoms. The molecule has 1 aromatic carbocycles. The van der Waals surface area contributed by atoms with Crippen molar-refractivity contribution >= 4 is 22.8 Å². The number of pyridine rings is 1. The largest absolute Gasteiger partial charge is 0.465 e. The molecule has 2 rings (SSSR count). The molecule has 6 nitrogen and oxygen atoms in total. The molecule has 0 aliphatic carbocycles. The number of esters is 1. The van der Waals surface area contributed by atoms with Crippen LogP contribution in [0, 0.1) is 0 Å². The summed E-state index contributed by atoms with van der Waals surface area (Å²) in [4.78, 5) is 39.4. The first kappa shape index (κ1) is 14.8. The van der Waals surface area contributed by atoms with Gasteiger partial charge < -0.3 is 14.6 Å². The number of nitrogens with zero attached hydrogens (tertiary/aromatic N) is 1. The number of hydrogen-bond acceptors (Lipinski definition) is 4. The molecule has 110 valence electrons. The average molecular weight is 288 g/mol. The number of para-hydroxylation sites is 1. The van der Waals surface area contributed by atoms with Gasteiger partial charge in [0.15, 0.2) is 0 Å². The van der Waals surface area contributed by atoms with Crippen molar-refractivity contribution in [2.75, 3.05) is 20.2 Å². The van der Waals surface area contributed by atoms with Gasteiger partial charge in [0.05, 0.1) is 12.2 Å². The minimum Gasteiger partial charge on any atom is -0.465 e. The Balaban J connectivity index is 2.35. The van der Waals surface area contributed by atoms with Gasteiger partial charge in [0, 0.05) is 24.0 Å². The van der Waals surface area contributed by atoms with Gasteiger partial charge in [0.25, 0.3) is 5.91 Å². The standard InChI is InChI=1S/C15H16N2O4/c1-3-21-14(19)9-17(2)15(20)11-8-13(18)16-12-7-5-4-6-10(11)12/h4-8H,3,9H2,1-2H3,(H,16,18). The molecule has 0 radical (unpaired) electrons. The Kier molecular flexibility index (Phi) is 4.37. The van der Waals surface area contributed by atoms with Gasteiger partial charge in [-0.25, -0.2) is 0 Å². The zero-order chi connectivity index (χ0) is 15.4. The number of aromatic nitrogens is 1. The van der Waals surface area contributed by atoms with Gasteiger partial charge in [-0.05, 0) is 13.0 Å². The lowest BCUT2D eigenvalue weighted by molar-refractivity contribution is -0.143. The van der Waals surface area contributed by atoms with Gasteiger partial charge >= 0.3 is 5.97 Å². The first-order valence-electron chi connectivity index (χ1n) is 6.56. The third-order valence-corrected chi connectivity index (χ3v) is 3.00. The van der Waals surface area contributed by atoms with E-state index < -0.39 is 11.9 Å². The van der Waals surface area contributed by atoms with Crippen molar-refractivity contribution in [1.29, 1.82) is 0 Å². The highest BCUT2D eigenvalue weighted by atomic mass is 16.5. The maximum atomic E-state index is 12.4. The second-order valence-electron chi connectivity index (χ2n) is 4.56. The number of likely N-dealkylation sites (N-methyl/N-ethyl adjacent to an activating group) is 1. The molecule has 21 heavy (non-hydrogen) atoms. The van der Waals surface area contributed by atoms with Crippen LogP contribution < -0.4 is 5.56 Å². The van der Waals surface area contributed by atoms with Crippen molar-refractivity contribution in [2.24, 2.45) is 0 Å². The molecule has 0 saturated heterocycles. The number of nitrogens with one attached hydrogen (secondary N) is 1. The average Bonchev–Trinajstić information content (AvgIpc) is 2.45. The maximum Gasteiger partial charge on any atom is 0.325 e. The fraction of sp³-hybridized carbons (Fsp3) is 0.267. The zero-order valence-electron chi connectivity index (χ0n) is 11.9. The van der Waals surface area contributed by atoms with E-state index in [1.807, 2.05) is 0 Å². The molecule has 1 heterocycles. The Hall–Kier alpha value is -2.63. The maximum absolute atomic E-state index is 12.4. The summed E-state index contributed by atoms with van der Waals surface area (Å²) in [6, 6.07) is 8.26. The summed E-state index contributed by atoms with van der Waals surface area (Å²) in [5.74, 6) is -0.882. The van der Waals surface area contributed by atoms with Crippen molar-refractivity contribution in [1.82, 2.24) is 9.88 Å². The van der Waals surface area contributed by atoms with E-state index in [0.29, 0.717) is 10.9 Å². The summed E-state index contributed by atoms with van der Waals surface area (Å²) in [5, 5.41) is 0.637. The first-order valence-corrected chi connectivity index (χ1v) is 6.56. The van der Waals surface area contributed by atoms with E-state index in [4.69, 9.17) is 4.74 Å². The Morgan fingerprint density at radius 2 is 2.00 bits per heavy atom. The number of rotatable bonds is 4. The molecule has 1 N–H and O–H groups in total. The topological polar surface area (TPSA) is 79.5 Å². The number of ether oxygens (including phenoxy) is 1. The Morgan fingerprint density at radius 1 is 1.29 bits per heavy atom. The number of carbonyl (C=O) groups excluding carboxylic acids is 2. The van der Waals surface area contributed by atoms with Gasteiger partial charge in [-0.2, -0.15) is 0 Å². The highest BCUT2D eigenvalue weighted by Gasteiger charge is 2.18. The molecule has 0 bridgehead atoms. The van der Waals surface area contributed by atoms with E-state index in [9.17, 15) is 14.4 Å². The number of H-pyrrole nitrogens is 1. The summed E-state index contributed by atoms with van der Waals surface area (Å²) >= 11 is 0. The third kappa shape index (κ3) is 3.28. The van der Waals surface area contributed by atoms with Crippen molar-refractivity contribution in [3.63, 3.8) is 0 Å². The van der Waals surface area contributed by atoms with Crippen LogP contribution in [0.5, 0.6) is 0 Å². The molecule has 0 atom stereocenters. The SMILES string of the molecule is CCOC(=O)CN(C)C(=O)c1cc(=O)[nH]c2ccccc12. The monoisotopic (exact) mass is 288 g/mol. The number of carbonyl (C=O) groups is 2. The molecule has 0 unspecified atom stereocenters. The zero-order valence-corrected chi connectivity index (χ0v) is 11.9. The van der Waals surface area contributed by atoms with Crippen LogP contribution >= 0.6 is 0 Å². The molecule has 0 saturated carbocycles. The van der Waals surface area contributed by atoms with Gasteiger partial charge in [0.2, 0.25) is 5.56 Å². The highest BCUT2D eigenvalue weighted by molar-refractivity contribution is 6.06. The van der Waals surface area contributed by atoms with E-state index in [1.54, 1.807) is 31.2 Å². The molecule has 0 fully saturated rings. The summed E-state index contributed by atoms with van der Waals surface area (Å²) in [5.41, 5.74) is 0.487. The molecular formula is C15H16N2O4. The lowest BCUT2D eigenvalue weighted by Crippen LogP contribution is -2.33. The second kappa shape index (κ2) is 6.21. The Bertz CT molecular complexity index is 736. The molecular weight excluding hydrogens is 272 g/mol. The van der Waals surface area contributed by atoms with Crippen molar-refractivity contribution in [3.05, 3.63) is 46.2 Å². The minimum absolute atomic E-state index is 0.159. The van der Waals surface area contributed by atoms with Gasteiger partial charge in [-0.3, -0.25) is 14.4 Å². The lowest BCUT2D eigenvalue weighted by atomic mass is 10.1. The van der Waals surface area contributed by atoms with Crippen molar-refractivity contribution < 1.29 is 14.3 Å². The second-order valence-corrected chi connectivity index (χ2v) is 4.56. The predicted octanol–water partition coefficient (Wildman–Crippen LogP) is 1.16. The van der Waals surface area contributed by atoms with E-state index in [-0.39, 0.29) is 24.3 Å². The van der Waals surface area contributed by atoms with Crippen LogP contribution in [0.2, 0.25) is 0 Å². The number of aromatic amines is 1. The highest BCUT2D eigenvalue weighted by Crippen LogP contribution is 2.16. The van der Waals surface area contributed by atoms with Crippen LogP contribution in [0.15, 0.2) is 35.1 Å². The molecule has 0 aliphatic heterocycles. The van der Waals surface area contributed by atoms with E-state index in [2.05, 4.69) is 4.98 Å². The summed E-state index contributed by atoms with van der Waals surface area (Å²) in [6.45, 7) is 1.80. The van der Waals surface area contributed by atoms with Crippen molar-refractivity contribution in [3.8, 4) is 0 Å². The normalized spacial score (nSPS) is 10.4. The van der Waals surface area contributed by atoms with Gasteiger partial charge in [-0.1, -0.05) is 18.2 Å². The number of hydrogen-bond donors (Lipinski definition) is 1. The van der Waals surface area contributed by atoms with Crippen molar-refractivity contribution in [2.45, 2.75) is 6.92 Å². The lowest BCUT2D eigenvalue weighted by Gasteiger charge is -2.17. The Labute approximate surface area is 121 Å². The fourth-order valence-corrected chi connectivity index (χ4v) is 2.06. The summed E-state index contributed by atoms with van der Waals surface area (Å²) in [6.07, 6.45) is 0. The van der Waals surface area contributed by atoms with E-state index in [0.717, 1.165) is 0 Å². The van der Waals surface area contributed by atoms with E-state index in [1.165, 1.54) is 18.0 Å². The molecule has 2 aromatic rings. The van der Waals surface area contributed by atoms with Gasteiger partial charge in [-0.15, -0.1) is 0 Å². The molecule has 0 aliphatic rings. The summed E-state index contributed by atoms with van der Waals surface area (Å²) < 4.78 is 4.81. The van der Waals surface area contributed by atoms with Crippen LogP contribution in [-0.4, -0.2) is 42.0 Å². The fourth-order valence-electron chi connectivity index (χ4n) is 2.06. The summed E-state index contributed by atoms with van der Waals surface area (Å²) in [7, 11) is 1.50. The first-order chi connectivity index (χ1) is 10.0. The van der Waals surface area contributed by atoms with Crippen LogP contribution in [0.3, 0.4) is 0 Å². The predicted molar refractivity (Wildman–Crippen MR) is 78.2 cm³/mol. The molecule has 1 amide bonds. The Morgan fingerprint density at radius 3 is 2.71 bits per heavy atom. The van der Waals surface area contributed by atoms with Crippen LogP contribution in [-0.2, 0) is 9.53 Å². The minimum atomic E-state index is -0.484. The third-order valence-electron chi connectivity index (χ3n) is 3.00. The van der Waals surface area contributed by atoms with Crippen LogP contribution in [0.4, 0.5) is 0 Å². The van der Waals surface area contributed by atoms with Gasteiger partial charge in [0.1, 0.15) is 6.54 Å². The van der Waals surface area contributed by atoms with Crippen LogP contribution in [0.1, 0.15) is 17.3 Å².